The summed E-state index contributed by atoms with van der Waals surface area (Å²) in [6, 6.07) is 3.80. The third-order valence-corrected chi connectivity index (χ3v) is 3.12. The number of H-pyrrole nitrogens is 1. The lowest BCUT2D eigenvalue weighted by Crippen LogP contribution is -2.05. The third kappa shape index (κ3) is 2.50. The maximum Gasteiger partial charge on any atom is 0.223 e. The summed E-state index contributed by atoms with van der Waals surface area (Å²) in [5.74, 6) is 1.97. The van der Waals surface area contributed by atoms with E-state index in [1.807, 2.05) is 16.7 Å². The summed E-state index contributed by atoms with van der Waals surface area (Å²) in [5.41, 5.74) is 0.907. The number of hydrogen-bond donors (Lipinski definition) is 1. The number of pyridine rings is 1. The van der Waals surface area contributed by atoms with Gasteiger partial charge in [0.05, 0.1) is 0 Å². The van der Waals surface area contributed by atoms with E-state index in [1.54, 1.807) is 19.3 Å². The lowest BCUT2D eigenvalue weighted by Gasteiger charge is -2.04. The topological polar surface area (TPSA) is 85.4 Å². The minimum atomic E-state index is 0.559. The van der Waals surface area contributed by atoms with Gasteiger partial charge in [0.2, 0.25) is 5.89 Å². The van der Waals surface area contributed by atoms with Gasteiger partial charge in [-0.3, -0.25) is 14.6 Å². The average Bonchev–Trinajstić information content (AvgIpc) is 3.04. The third-order valence-electron chi connectivity index (χ3n) is 2.81. The first kappa shape index (κ1) is 12.7. The van der Waals surface area contributed by atoms with Crippen molar-refractivity contribution < 1.29 is 4.52 Å². The standard InChI is InChI=1S/C12H12N6OS/c1-8-14-10(17-19-8)4-6-18-11(15-16-12(18)20)9-3-2-5-13-7-9/h2-3,5,7H,4,6H2,1H3,(H,16,20). The van der Waals surface area contributed by atoms with Crippen LogP contribution < -0.4 is 0 Å². The van der Waals surface area contributed by atoms with Crippen molar-refractivity contribution >= 4 is 12.2 Å². The minimum Gasteiger partial charge on any atom is -0.340 e. The molecule has 0 aliphatic carbocycles. The number of hydrogen-bond acceptors (Lipinski definition) is 6. The van der Waals surface area contributed by atoms with Gasteiger partial charge in [-0.05, 0) is 24.4 Å². The molecule has 0 spiro atoms. The van der Waals surface area contributed by atoms with E-state index in [9.17, 15) is 0 Å². The van der Waals surface area contributed by atoms with Gasteiger partial charge < -0.3 is 4.52 Å². The predicted molar refractivity (Wildman–Crippen MR) is 73.4 cm³/mol. The molecule has 20 heavy (non-hydrogen) atoms. The summed E-state index contributed by atoms with van der Waals surface area (Å²) >= 11 is 5.25. The van der Waals surface area contributed by atoms with Crippen LogP contribution in [-0.2, 0) is 13.0 Å². The van der Waals surface area contributed by atoms with Gasteiger partial charge >= 0.3 is 0 Å². The van der Waals surface area contributed by atoms with Crippen LogP contribution in [0.25, 0.3) is 11.4 Å². The smallest absolute Gasteiger partial charge is 0.223 e. The Balaban J connectivity index is 1.86. The molecule has 7 nitrogen and oxygen atoms in total. The molecule has 102 valence electrons. The number of rotatable bonds is 4. The Morgan fingerprint density at radius 2 is 2.35 bits per heavy atom. The molecule has 0 saturated carbocycles. The Hall–Kier alpha value is -2.35. The molecule has 0 amide bonds. The molecule has 1 N–H and O–H groups in total. The number of aromatic amines is 1. The summed E-state index contributed by atoms with van der Waals surface area (Å²) in [6.07, 6.45) is 4.09. The van der Waals surface area contributed by atoms with Crippen LogP contribution in [0.2, 0.25) is 0 Å². The van der Waals surface area contributed by atoms with Crippen molar-refractivity contribution in [3.05, 3.63) is 41.0 Å². The summed E-state index contributed by atoms with van der Waals surface area (Å²) in [6.45, 7) is 2.39. The van der Waals surface area contributed by atoms with Crippen LogP contribution in [0.3, 0.4) is 0 Å². The molecular formula is C12H12N6OS. The Kier molecular flexibility index (Phi) is 3.38. The van der Waals surface area contributed by atoms with E-state index in [2.05, 4.69) is 25.3 Å². The number of nitrogens with zero attached hydrogens (tertiary/aromatic N) is 5. The monoisotopic (exact) mass is 288 g/mol. The molecule has 0 bridgehead atoms. The van der Waals surface area contributed by atoms with Gasteiger partial charge in [-0.1, -0.05) is 5.16 Å². The molecule has 3 rings (SSSR count). The first-order valence-corrected chi connectivity index (χ1v) is 6.49. The Labute approximate surface area is 119 Å². The molecule has 0 aromatic carbocycles. The molecule has 8 heteroatoms. The highest BCUT2D eigenvalue weighted by molar-refractivity contribution is 7.71. The van der Waals surface area contributed by atoms with Gasteiger partial charge in [0.25, 0.3) is 0 Å². The van der Waals surface area contributed by atoms with E-state index < -0.39 is 0 Å². The molecule has 3 heterocycles. The van der Waals surface area contributed by atoms with E-state index in [0.29, 0.717) is 29.5 Å². The van der Waals surface area contributed by atoms with Crippen LogP contribution in [0.1, 0.15) is 11.7 Å². The van der Waals surface area contributed by atoms with Crippen molar-refractivity contribution in [2.75, 3.05) is 0 Å². The van der Waals surface area contributed by atoms with Crippen molar-refractivity contribution in [1.29, 1.82) is 0 Å². The van der Waals surface area contributed by atoms with Gasteiger partial charge in [-0.2, -0.15) is 10.1 Å². The number of aromatic nitrogens is 6. The second kappa shape index (κ2) is 5.33. The van der Waals surface area contributed by atoms with Gasteiger partial charge in [0, 0.05) is 37.8 Å². The minimum absolute atomic E-state index is 0.559. The fourth-order valence-corrected chi connectivity index (χ4v) is 2.12. The lowest BCUT2D eigenvalue weighted by atomic mass is 10.2. The lowest BCUT2D eigenvalue weighted by molar-refractivity contribution is 0.386. The number of nitrogens with one attached hydrogen (secondary N) is 1. The predicted octanol–water partition coefficient (Wildman–Crippen LogP) is 1.94. The molecule has 0 unspecified atom stereocenters. The molecule has 0 atom stereocenters. The summed E-state index contributed by atoms with van der Waals surface area (Å²) in [5, 5.41) is 10.9. The Bertz CT molecular complexity index is 760. The zero-order valence-corrected chi connectivity index (χ0v) is 11.6. The van der Waals surface area contributed by atoms with Crippen LogP contribution in [0.4, 0.5) is 0 Å². The highest BCUT2D eigenvalue weighted by Crippen LogP contribution is 2.16. The highest BCUT2D eigenvalue weighted by atomic mass is 32.1. The van der Waals surface area contributed by atoms with E-state index in [-0.39, 0.29) is 0 Å². The summed E-state index contributed by atoms with van der Waals surface area (Å²) < 4.78 is 7.41. The van der Waals surface area contributed by atoms with Gasteiger partial charge in [0.15, 0.2) is 16.4 Å². The summed E-state index contributed by atoms with van der Waals surface area (Å²) in [4.78, 5) is 8.27. The van der Waals surface area contributed by atoms with Crippen molar-refractivity contribution in [1.82, 2.24) is 29.9 Å². The Morgan fingerprint density at radius 3 is 3.05 bits per heavy atom. The normalized spacial score (nSPS) is 10.8. The first-order valence-electron chi connectivity index (χ1n) is 6.09. The van der Waals surface area contributed by atoms with Crippen LogP contribution in [0.5, 0.6) is 0 Å². The fraction of sp³-hybridized carbons (Fsp3) is 0.250. The van der Waals surface area contributed by atoms with E-state index in [4.69, 9.17) is 16.7 Å². The average molecular weight is 288 g/mol. The maximum atomic E-state index is 5.25. The van der Waals surface area contributed by atoms with E-state index in [1.165, 1.54) is 0 Å². The van der Waals surface area contributed by atoms with Crippen LogP contribution in [0, 0.1) is 11.7 Å². The molecule has 3 aromatic heterocycles. The fourth-order valence-electron chi connectivity index (χ4n) is 1.90. The molecule has 0 saturated heterocycles. The van der Waals surface area contributed by atoms with Crippen LogP contribution >= 0.6 is 12.2 Å². The molecular weight excluding hydrogens is 276 g/mol. The molecule has 3 aromatic rings. The molecule has 0 aliphatic heterocycles. The molecule has 0 aliphatic rings. The first-order chi connectivity index (χ1) is 9.74. The maximum absolute atomic E-state index is 5.25. The zero-order valence-electron chi connectivity index (χ0n) is 10.8. The highest BCUT2D eigenvalue weighted by Gasteiger charge is 2.10. The zero-order chi connectivity index (χ0) is 13.9. The van der Waals surface area contributed by atoms with Crippen LogP contribution in [-0.4, -0.2) is 29.9 Å². The van der Waals surface area contributed by atoms with Gasteiger partial charge in [0.1, 0.15) is 0 Å². The van der Waals surface area contributed by atoms with Crippen molar-refractivity contribution in [2.24, 2.45) is 0 Å². The van der Waals surface area contributed by atoms with Gasteiger partial charge in [-0.25, -0.2) is 0 Å². The SMILES string of the molecule is Cc1nc(CCn2c(-c3cccnc3)n[nH]c2=S)no1. The second-order valence-corrected chi connectivity index (χ2v) is 4.61. The van der Waals surface area contributed by atoms with Crippen molar-refractivity contribution in [3.8, 4) is 11.4 Å². The quantitative estimate of drug-likeness (QED) is 0.738. The van der Waals surface area contributed by atoms with E-state index in [0.717, 1.165) is 11.4 Å². The molecule has 0 radical (unpaired) electrons. The Morgan fingerprint density at radius 1 is 1.45 bits per heavy atom. The summed E-state index contributed by atoms with van der Waals surface area (Å²) in [7, 11) is 0. The van der Waals surface area contributed by atoms with E-state index >= 15 is 0 Å². The molecule has 0 fully saturated rings. The van der Waals surface area contributed by atoms with Gasteiger partial charge in [-0.15, -0.1) is 0 Å². The van der Waals surface area contributed by atoms with Crippen molar-refractivity contribution in [3.63, 3.8) is 0 Å². The van der Waals surface area contributed by atoms with Crippen LogP contribution in [0.15, 0.2) is 29.0 Å². The largest absolute Gasteiger partial charge is 0.340 e. The van der Waals surface area contributed by atoms with Crippen molar-refractivity contribution in [2.45, 2.75) is 19.9 Å². The number of aryl methyl sites for hydroxylation is 2. The second-order valence-electron chi connectivity index (χ2n) is 4.23.